The number of halogens is 2. The van der Waals surface area contributed by atoms with E-state index in [1.54, 1.807) is 0 Å². The van der Waals surface area contributed by atoms with Crippen LogP contribution in [0.2, 0.25) is 5.02 Å². The van der Waals surface area contributed by atoms with Crippen LogP contribution in [0, 0.1) is 0 Å². The van der Waals surface area contributed by atoms with Crippen LogP contribution in [0.5, 0.6) is 0 Å². The maximum atomic E-state index is 5.99. The molecule has 1 heterocycles. The van der Waals surface area contributed by atoms with Crippen molar-refractivity contribution in [3.05, 3.63) is 35.2 Å². The van der Waals surface area contributed by atoms with Crippen molar-refractivity contribution in [2.24, 2.45) is 4.99 Å². The second kappa shape index (κ2) is 11.3. The quantitative estimate of drug-likeness (QED) is 0.368. The predicted molar refractivity (Wildman–Crippen MR) is 113 cm³/mol. The van der Waals surface area contributed by atoms with E-state index in [2.05, 4.69) is 32.3 Å². The normalized spacial score (nSPS) is 11.1. The van der Waals surface area contributed by atoms with Gasteiger partial charge in [-0.05, 0) is 25.5 Å². The molecule has 2 rings (SSSR count). The molecule has 0 atom stereocenters. The highest BCUT2D eigenvalue weighted by Gasteiger charge is 2.10. The summed E-state index contributed by atoms with van der Waals surface area (Å²) in [5, 5.41) is 7.92. The summed E-state index contributed by atoms with van der Waals surface area (Å²) in [6.07, 6.45) is 2.27. The van der Waals surface area contributed by atoms with Crippen molar-refractivity contribution in [3.63, 3.8) is 0 Å². The van der Waals surface area contributed by atoms with Crippen molar-refractivity contribution in [2.45, 2.75) is 33.2 Å². The minimum absolute atomic E-state index is 0. The van der Waals surface area contributed by atoms with Crippen molar-refractivity contribution < 1.29 is 4.52 Å². The Balaban J connectivity index is 0.00000312. The zero-order valence-corrected chi connectivity index (χ0v) is 17.9. The smallest absolute Gasteiger partial charge is 0.248 e. The highest BCUT2D eigenvalue weighted by atomic mass is 127. The Bertz CT molecular complexity index is 677. The lowest BCUT2D eigenvalue weighted by atomic mass is 10.2. The molecule has 0 aliphatic rings. The summed E-state index contributed by atoms with van der Waals surface area (Å²) in [7, 11) is 2.03. The third-order valence-corrected chi connectivity index (χ3v) is 3.69. The Morgan fingerprint density at radius 2 is 2.16 bits per heavy atom. The Kier molecular flexibility index (Phi) is 9.81. The van der Waals surface area contributed by atoms with Crippen molar-refractivity contribution in [3.8, 4) is 11.4 Å². The van der Waals surface area contributed by atoms with Crippen molar-refractivity contribution in [2.75, 3.05) is 20.1 Å². The van der Waals surface area contributed by atoms with Gasteiger partial charge in [0.25, 0.3) is 0 Å². The summed E-state index contributed by atoms with van der Waals surface area (Å²) in [4.78, 5) is 11.1. The first-order chi connectivity index (χ1) is 11.6. The molecule has 0 saturated carbocycles. The monoisotopic (exact) mass is 477 g/mol. The van der Waals surface area contributed by atoms with Gasteiger partial charge in [-0.25, -0.2) is 4.99 Å². The Morgan fingerprint density at radius 1 is 1.36 bits per heavy atom. The average molecular weight is 478 g/mol. The van der Waals surface area contributed by atoms with Gasteiger partial charge in [-0.1, -0.05) is 42.2 Å². The molecule has 8 heteroatoms. The van der Waals surface area contributed by atoms with Crippen molar-refractivity contribution in [1.82, 2.24) is 20.4 Å². The molecule has 1 N–H and O–H groups in total. The van der Waals surface area contributed by atoms with E-state index in [1.165, 1.54) is 0 Å². The van der Waals surface area contributed by atoms with Gasteiger partial charge >= 0.3 is 0 Å². The van der Waals surface area contributed by atoms with Crippen LogP contribution in [-0.2, 0) is 6.54 Å². The van der Waals surface area contributed by atoms with Gasteiger partial charge in [-0.3, -0.25) is 0 Å². The van der Waals surface area contributed by atoms with Gasteiger partial charge in [-0.15, -0.1) is 24.0 Å². The molecule has 1 aromatic heterocycles. The van der Waals surface area contributed by atoms with Crippen LogP contribution in [0.25, 0.3) is 11.4 Å². The number of guanidine groups is 1. The second-order valence-electron chi connectivity index (χ2n) is 5.47. The fourth-order valence-electron chi connectivity index (χ4n) is 2.18. The first kappa shape index (κ1) is 21.7. The first-order valence-electron chi connectivity index (χ1n) is 8.22. The molecule has 0 spiro atoms. The van der Waals surface area contributed by atoms with Crippen LogP contribution in [0.1, 0.15) is 32.6 Å². The Labute approximate surface area is 171 Å². The average Bonchev–Trinajstić information content (AvgIpc) is 3.05. The fourth-order valence-corrected chi connectivity index (χ4v) is 2.37. The minimum atomic E-state index is 0. The van der Waals surface area contributed by atoms with E-state index < -0.39 is 0 Å². The molecule has 0 radical (unpaired) electrons. The van der Waals surface area contributed by atoms with E-state index in [4.69, 9.17) is 16.1 Å². The molecule has 0 fully saturated rings. The number of aromatic nitrogens is 2. The summed E-state index contributed by atoms with van der Waals surface area (Å²) in [5.74, 6) is 1.84. The molecule has 25 heavy (non-hydrogen) atoms. The summed E-state index contributed by atoms with van der Waals surface area (Å²) in [5.41, 5.74) is 0.827. The standard InChI is InChI=1S/C17H24ClN5O.HI/c1-4-6-10-23(3)17(19-5-2)20-12-15-21-16(22-24-15)13-8-7-9-14(18)11-13;/h7-9,11H,4-6,10,12H2,1-3H3,(H,19,20);1H. The first-order valence-corrected chi connectivity index (χ1v) is 8.59. The third kappa shape index (κ3) is 6.81. The summed E-state index contributed by atoms with van der Waals surface area (Å²) in [6.45, 7) is 6.33. The van der Waals surface area contributed by atoms with Crippen LogP contribution in [-0.4, -0.2) is 41.1 Å². The molecule has 0 aliphatic heterocycles. The largest absolute Gasteiger partial charge is 0.357 e. The van der Waals surface area contributed by atoms with Crippen LogP contribution in [0.4, 0.5) is 0 Å². The van der Waals surface area contributed by atoms with Gasteiger partial charge in [0, 0.05) is 30.7 Å². The molecular formula is C17H25ClIN5O. The number of unbranched alkanes of at least 4 members (excludes halogenated alkanes) is 1. The summed E-state index contributed by atoms with van der Waals surface area (Å²) >= 11 is 5.99. The highest BCUT2D eigenvalue weighted by molar-refractivity contribution is 14.0. The second-order valence-corrected chi connectivity index (χ2v) is 5.90. The number of benzene rings is 1. The molecule has 2 aromatic rings. The van der Waals surface area contributed by atoms with Crippen molar-refractivity contribution in [1.29, 1.82) is 0 Å². The molecule has 138 valence electrons. The molecule has 0 saturated heterocycles. The maximum absolute atomic E-state index is 5.99. The fraction of sp³-hybridized carbons (Fsp3) is 0.471. The molecule has 1 aromatic carbocycles. The molecule has 6 nitrogen and oxygen atoms in total. The van der Waals surface area contributed by atoms with Gasteiger partial charge < -0.3 is 14.7 Å². The van der Waals surface area contributed by atoms with Gasteiger partial charge in [-0.2, -0.15) is 4.98 Å². The number of nitrogens with zero attached hydrogens (tertiary/aromatic N) is 4. The van der Waals surface area contributed by atoms with Crippen LogP contribution >= 0.6 is 35.6 Å². The number of rotatable bonds is 7. The minimum Gasteiger partial charge on any atom is -0.357 e. The maximum Gasteiger partial charge on any atom is 0.248 e. The summed E-state index contributed by atoms with van der Waals surface area (Å²) < 4.78 is 5.29. The number of aliphatic imine (C=N–C) groups is 1. The number of hydrogen-bond donors (Lipinski definition) is 1. The summed E-state index contributed by atoms with van der Waals surface area (Å²) in [6, 6.07) is 7.37. The van der Waals surface area contributed by atoms with Crippen LogP contribution < -0.4 is 5.32 Å². The Morgan fingerprint density at radius 3 is 2.84 bits per heavy atom. The zero-order valence-electron chi connectivity index (χ0n) is 14.8. The lowest BCUT2D eigenvalue weighted by Gasteiger charge is -2.21. The van der Waals surface area contributed by atoms with Gasteiger partial charge in [0.05, 0.1) is 0 Å². The molecule has 0 bridgehead atoms. The van der Waals surface area contributed by atoms with Gasteiger partial charge in [0.15, 0.2) is 5.96 Å². The van der Waals surface area contributed by atoms with Crippen LogP contribution in [0.15, 0.2) is 33.8 Å². The lowest BCUT2D eigenvalue weighted by Crippen LogP contribution is -2.39. The van der Waals surface area contributed by atoms with Gasteiger partial charge in [0.1, 0.15) is 6.54 Å². The van der Waals surface area contributed by atoms with E-state index in [0.717, 1.165) is 37.5 Å². The third-order valence-electron chi connectivity index (χ3n) is 3.46. The van der Waals surface area contributed by atoms with E-state index in [9.17, 15) is 0 Å². The van der Waals surface area contributed by atoms with E-state index in [0.29, 0.717) is 23.3 Å². The van der Waals surface area contributed by atoms with E-state index in [-0.39, 0.29) is 24.0 Å². The topological polar surface area (TPSA) is 66.5 Å². The molecule has 0 aliphatic carbocycles. The molecule has 0 amide bonds. The zero-order chi connectivity index (χ0) is 17.4. The Hall–Kier alpha value is -1.35. The molecular weight excluding hydrogens is 453 g/mol. The predicted octanol–water partition coefficient (Wildman–Crippen LogP) is 4.21. The van der Waals surface area contributed by atoms with E-state index >= 15 is 0 Å². The number of nitrogens with one attached hydrogen (secondary N) is 1. The van der Waals surface area contributed by atoms with Gasteiger partial charge in [0.2, 0.25) is 11.7 Å². The molecule has 0 unspecified atom stereocenters. The number of hydrogen-bond acceptors (Lipinski definition) is 4. The van der Waals surface area contributed by atoms with Crippen molar-refractivity contribution >= 4 is 41.5 Å². The van der Waals surface area contributed by atoms with E-state index in [1.807, 2.05) is 38.2 Å². The SMILES string of the molecule is CCCCN(C)C(=NCc1nc(-c2cccc(Cl)c2)no1)NCC.I. The lowest BCUT2D eigenvalue weighted by molar-refractivity contribution is 0.379. The van der Waals surface area contributed by atoms with Crippen LogP contribution in [0.3, 0.4) is 0 Å². The highest BCUT2D eigenvalue weighted by Crippen LogP contribution is 2.20.